The number of aliphatic hydroxyl groups is 1. The molecule has 0 aliphatic heterocycles. The molecule has 0 saturated heterocycles. The van der Waals surface area contributed by atoms with E-state index in [0.29, 0.717) is 0 Å². The van der Waals surface area contributed by atoms with Gasteiger partial charge in [-0.1, -0.05) is 18.2 Å². The van der Waals surface area contributed by atoms with Crippen molar-refractivity contribution in [3.05, 3.63) is 30.3 Å². The van der Waals surface area contributed by atoms with Crippen molar-refractivity contribution >= 4 is 10.1 Å². The lowest BCUT2D eigenvalue weighted by Gasteiger charge is -2.13. The Labute approximate surface area is 101 Å². The monoisotopic (exact) mass is 260 g/mol. The van der Waals surface area contributed by atoms with Gasteiger partial charge in [-0.05, 0) is 12.1 Å². The summed E-state index contributed by atoms with van der Waals surface area (Å²) in [6.45, 7) is -0.0273. The molecule has 0 radical (unpaired) electrons. The van der Waals surface area contributed by atoms with Crippen LogP contribution in [-0.2, 0) is 19.0 Å². The lowest BCUT2D eigenvalue weighted by Crippen LogP contribution is -2.21. The second-order valence-corrected chi connectivity index (χ2v) is 5.17. The lowest BCUT2D eigenvalue weighted by atomic mass is 10.2. The molecule has 0 saturated carbocycles. The molecule has 0 aliphatic rings. The topological polar surface area (TPSA) is 72.8 Å². The van der Waals surface area contributed by atoms with Crippen molar-refractivity contribution in [3.8, 4) is 0 Å². The van der Waals surface area contributed by atoms with Crippen LogP contribution in [0.4, 0.5) is 0 Å². The highest BCUT2D eigenvalue weighted by Crippen LogP contribution is 2.12. The van der Waals surface area contributed by atoms with E-state index in [1.165, 1.54) is 19.2 Å². The SMILES string of the molecule is COCC(CO)COS(=O)(=O)c1ccccc1. The second kappa shape index (κ2) is 6.70. The molecule has 1 rings (SSSR count). The van der Waals surface area contributed by atoms with Crippen molar-refractivity contribution in [2.24, 2.45) is 5.92 Å². The van der Waals surface area contributed by atoms with Crippen LogP contribution in [0.5, 0.6) is 0 Å². The molecule has 5 nitrogen and oxygen atoms in total. The Hall–Kier alpha value is -0.950. The summed E-state index contributed by atoms with van der Waals surface area (Å²) in [5.41, 5.74) is 0. The number of aliphatic hydroxyl groups excluding tert-OH is 1. The molecule has 0 bridgehead atoms. The van der Waals surface area contributed by atoms with Gasteiger partial charge in [0.05, 0.1) is 24.7 Å². The third-order valence-electron chi connectivity index (χ3n) is 2.15. The van der Waals surface area contributed by atoms with Gasteiger partial charge in [-0.2, -0.15) is 8.42 Å². The first-order valence-corrected chi connectivity index (χ1v) is 6.55. The molecule has 96 valence electrons. The summed E-state index contributed by atoms with van der Waals surface area (Å²) in [5, 5.41) is 8.97. The molecule has 0 amide bonds. The molecule has 6 heteroatoms. The molecule has 1 N–H and O–H groups in total. The predicted molar refractivity (Wildman–Crippen MR) is 62.0 cm³/mol. The van der Waals surface area contributed by atoms with Crippen molar-refractivity contribution in [2.75, 3.05) is 26.9 Å². The van der Waals surface area contributed by atoms with Gasteiger partial charge in [-0.3, -0.25) is 4.18 Å². The molecule has 1 aromatic rings. The van der Waals surface area contributed by atoms with Gasteiger partial charge in [0.25, 0.3) is 10.1 Å². The Kier molecular flexibility index (Phi) is 5.57. The van der Waals surface area contributed by atoms with Crippen LogP contribution in [0.1, 0.15) is 0 Å². The van der Waals surface area contributed by atoms with Gasteiger partial charge < -0.3 is 9.84 Å². The normalized spacial score (nSPS) is 13.5. The zero-order chi connectivity index (χ0) is 12.7. The minimum absolute atomic E-state index is 0.0957. The molecular formula is C11H16O5S. The number of benzene rings is 1. The van der Waals surface area contributed by atoms with E-state index in [1.54, 1.807) is 18.2 Å². The summed E-state index contributed by atoms with van der Waals surface area (Å²) in [4.78, 5) is 0.106. The van der Waals surface area contributed by atoms with Gasteiger partial charge in [0.15, 0.2) is 0 Å². The third-order valence-corrected chi connectivity index (χ3v) is 3.45. The fourth-order valence-corrected chi connectivity index (χ4v) is 2.23. The zero-order valence-corrected chi connectivity index (χ0v) is 10.4. The maximum atomic E-state index is 11.7. The standard InChI is InChI=1S/C11H16O5S/c1-15-8-10(7-12)9-16-17(13,14)11-5-3-2-4-6-11/h2-6,10,12H,7-9H2,1H3. The maximum absolute atomic E-state index is 11.7. The Balaban J connectivity index is 2.62. The fraction of sp³-hybridized carbons (Fsp3) is 0.455. The highest BCUT2D eigenvalue weighted by atomic mass is 32.2. The van der Waals surface area contributed by atoms with Gasteiger partial charge >= 0.3 is 0 Å². The smallest absolute Gasteiger partial charge is 0.296 e. The number of hydrogen-bond donors (Lipinski definition) is 1. The van der Waals surface area contributed by atoms with Crippen molar-refractivity contribution in [3.63, 3.8) is 0 Å². The van der Waals surface area contributed by atoms with Gasteiger partial charge in [-0.15, -0.1) is 0 Å². The summed E-state index contributed by atoms with van der Waals surface area (Å²) in [6.07, 6.45) is 0. The summed E-state index contributed by atoms with van der Waals surface area (Å²) in [5.74, 6) is -0.349. The van der Waals surface area contributed by atoms with Crippen LogP contribution in [0.25, 0.3) is 0 Å². The Bertz CT molecular complexity index is 415. The van der Waals surface area contributed by atoms with E-state index in [4.69, 9.17) is 14.0 Å². The summed E-state index contributed by atoms with van der Waals surface area (Å²) < 4.78 is 33.1. The molecule has 1 aromatic carbocycles. The summed E-state index contributed by atoms with van der Waals surface area (Å²) in [7, 11) is -2.27. The van der Waals surface area contributed by atoms with Crippen LogP contribution in [0.3, 0.4) is 0 Å². The van der Waals surface area contributed by atoms with Crippen LogP contribution < -0.4 is 0 Å². The van der Waals surface area contributed by atoms with Gasteiger partial charge in [0.2, 0.25) is 0 Å². The van der Waals surface area contributed by atoms with Crippen molar-refractivity contribution in [2.45, 2.75) is 4.90 Å². The number of ether oxygens (including phenoxy) is 1. The number of hydrogen-bond acceptors (Lipinski definition) is 5. The third kappa shape index (κ3) is 4.43. The number of methoxy groups -OCH3 is 1. The highest BCUT2D eigenvalue weighted by molar-refractivity contribution is 7.86. The fourth-order valence-electron chi connectivity index (χ4n) is 1.23. The number of rotatable bonds is 7. The highest BCUT2D eigenvalue weighted by Gasteiger charge is 2.17. The maximum Gasteiger partial charge on any atom is 0.296 e. The van der Waals surface area contributed by atoms with Crippen LogP contribution >= 0.6 is 0 Å². The minimum Gasteiger partial charge on any atom is -0.396 e. The summed E-state index contributed by atoms with van der Waals surface area (Å²) in [6, 6.07) is 7.88. The molecule has 17 heavy (non-hydrogen) atoms. The average Bonchev–Trinajstić information content (AvgIpc) is 2.35. The quantitative estimate of drug-likeness (QED) is 0.729. The largest absolute Gasteiger partial charge is 0.396 e. The van der Waals surface area contributed by atoms with Gasteiger partial charge in [0, 0.05) is 13.0 Å². The van der Waals surface area contributed by atoms with Crippen LogP contribution in [0.2, 0.25) is 0 Å². The van der Waals surface area contributed by atoms with E-state index < -0.39 is 10.1 Å². The van der Waals surface area contributed by atoms with Crippen LogP contribution in [0.15, 0.2) is 35.2 Å². The Morgan fingerprint density at radius 1 is 1.24 bits per heavy atom. The van der Waals surface area contributed by atoms with Crippen LogP contribution in [0, 0.1) is 5.92 Å². The molecule has 1 atom stereocenters. The van der Waals surface area contributed by atoms with Crippen molar-refractivity contribution < 1.29 is 22.4 Å². The first-order chi connectivity index (χ1) is 8.10. The second-order valence-electron chi connectivity index (χ2n) is 3.56. The van der Waals surface area contributed by atoms with E-state index in [-0.39, 0.29) is 30.6 Å². The molecule has 0 spiro atoms. The van der Waals surface area contributed by atoms with E-state index in [0.717, 1.165) is 0 Å². The van der Waals surface area contributed by atoms with Crippen LogP contribution in [-0.4, -0.2) is 40.5 Å². The molecule has 0 aromatic heterocycles. The lowest BCUT2D eigenvalue weighted by molar-refractivity contribution is 0.0800. The Morgan fingerprint density at radius 2 is 1.88 bits per heavy atom. The summed E-state index contributed by atoms with van der Waals surface area (Å²) >= 11 is 0. The van der Waals surface area contributed by atoms with Crippen molar-refractivity contribution in [1.82, 2.24) is 0 Å². The first-order valence-electron chi connectivity index (χ1n) is 5.14. The molecule has 0 fully saturated rings. The van der Waals surface area contributed by atoms with Crippen molar-refractivity contribution in [1.29, 1.82) is 0 Å². The molecular weight excluding hydrogens is 244 g/mol. The van der Waals surface area contributed by atoms with E-state index in [1.807, 2.05) is 0 Å². The first kappa shape index (κ1) is 14.1. The molecule has 0 heterocycles. The zero-order valence-electron chi connectivity index (χ0n) is 9.57. The van der Waals surface area contributed by atoms with E-state index in [9.17, 15) is 8.42 Å². The van der Waals surface area contributed by atoms with E-state index >= 15 is 0 Å². The molecule has 0 aliphatic carbocycles. The van der Waals surface area contributed by atoms with Gasteiger partial charge in [0.1, 0.15) is 0 Å². The van der Waals surface area contributed by atoms with E-state index in [2.05, 4.69) is 0 Å². The Morgan fingerprint density at radius 3 is 2.41 bits per heavy atom. The average molecular weight is 260 g/mol. The molecule has 1 unspecified atom stereocenters. The predicted octanol–water partition coefficient (Wildman–Crippen LogP) is 0.647. The minimum atomic E-state index is -3.75. The van der Waals surface area contributed by atoms with Gasteiger partial charge in [-0.25, -0.2) is 0 Å².